The fourth-order valence-corrected chi connectivity index (χ4v) is 5.26. The first-order valence-corrected chi connectivity index (χ1v) is 12.5. The second-order valence-corrected chi connectivity index (χ2v) is 9.77. The third-order valence-corrected chi connectivity index (χ3v) is 7.25. The molecule has 6 nitrogen and oxygen atoms in total. The molecule has 5 rings (SSSR count). The molecular formula is C28H27BrN2O4. The molecule has 0 aliphatic carbocycles. The normalized spacial score (nSPS) is 21.3. The number of rotatable bonds is 6. The number of aliphatic hydroxyl groups is 1. The number of aliphatic hydroxyl groups excluding tert-OH is 1. The summed E-state index contributed by atoms with van der Waals surface area (Å²) in [6.45, 7) is 1.07. The van der Waals surface area contributed by atoms with Gasteiger partial charge in [-0.05, 0) is 41.5 Å². The summed E-state index contributed by atoms with van der Waals surface area (Å²) in [5, 5.41) is 8.97. The monoisotopic (exact) mass is 534 g/mol. The molecule has 0 fully saturated rings. The van der Waals surface area contributed by atoms with E-state index in [0.717, 1.165) is 26.7 Å². The molecule has 2 atom stereocenters. The summed E-state index contributed by atoms with van der Waals surface area (Å²) in [7, 11) is 1.83. The Bertz CT molecular complexity index is 1260. The van der Waals surface area contributed by atoms with Crippen molar-refractivity contribution in [3.05, 3.63) is 99.5 Å². The average Bonchev–Trinajstić information content (AvgIpc) is 3.21. The summed E-state index contributed by atoms with van der Waals surface area (Å²) in [5.41, 5.74) is 2.76. The number of fused-ring (bicyclic) bond motifs is 1. The Balaban J connectivity index is 1.58. The van der Waals surface area contributed by atoms with Crippen LogP contribution in [-0.4, -0.2) is 47.6 Å². The molecule has 0 saturated heterocycles. The van der Waals surface area contributed by atoms with Gasteiger partial charge < -0.3 is 19.5 Å². The zero-order chi connectivity index (χ0) is 24.4. The molecule has 1 N–H and O–H groups in total. The molecule has 35 heavy (non-hydrogen) atoms. The van der Waals surface area contributed by atoms with E-state index in [1.165, 1.54) is 0 Å². The van der Waals surface area contributed by atoms with E-state index in [1.54, 1.807) is 4.90 Å². The number of aliphatic imine (C=N–C) groups is 1. The number of hydrogen-bond donors (Lipinski definition) is 1. The average molecular weight is 535 g/mol. The highest BCUT2D eigenvalue weighted by atomic mass is 79.9. The standard InChI is InChI=1S/C28H27BrN2O4/c1-31-18-21-8-3-2-7-20(21)17-28(27(31)33)25(23-9-4-5-10-24(23)29)35-26(30-28)19-11-13-22(14-12-19)34-16-6-15-32/h2-5,7-14,25,32H,6,15-18H2,1H3/t25-,28-/m0/s1. The first-order valence-electron chi connectivity index (χ1n) is 11.7. The molecule has 2 aliphatic heterocycles. The smallest absolute Gasteiger partial charge is 0.255 e. The summed E-state index contributed by atoms with van der Waals surface area (Å²) in [6, 6.07) is 23.5. The van der Waals surface area contributed by atoms with Gasteiger partial charge in [-0.1, -0.05) is 58.4 Å². The van der Waals surface area contributed by atoms with Crippen molar-refractivity contribution in [2.75, 3.05) is 20.3 Å². The minimum Gasteiger partial charge on any atom is -0.494 e. The Labute approximate surface area is 213 Å². The second kappa shape index (κ2) is 9.84. The highest BCUT2D eigenvalue weighted by Crippen LogP contribution is 2.46. The first kappa shape index (κ1) is 23.6. The molecule has 2 aliphatic rings. The van der Waals surface area contributed by atoms with Crippen LogP contribution in [0.25, 0.3) is 0 Å². The molecule has 3 aromatic rings. The van der Waals surface area contributed by atoms with Gasteiger partial charge in [-0.3, -0.25) is 4.79 Å². The fraction of sp³-hybridized carbons (Fsp3) is 0.286. The lowest BCUT2D eigenvalue weighted by Crippen LogP contribution is -2.48. The van der Waals surface area contributed by atoms with Crippen molar-refractivity contribution in [3.63, 3.8) is 0 Å². The molecule has 180 valence electrons. The minimum atomic E-state index is -1.13. The predicted octanol–water partition coefficient (Wildman–Crippen LogP) is 4.68. The summed E-state index contributed by atoms with van der Waals surface area (Å²) >= 11 is 3.67. The Morgan fingerprint density at radius 2 is 1.80 bits per heavy atom. The van der Waals surface area contributed by atoms with Crippen molar-refractivity contribution in [2.45, 2.75) is 31.0 Å². The molecular weight excluding hydrogens is 508 g/mol. The lowest BCUT2D eigenvalue weighted by Gasteiger charge is -2.32. The van der Waals surface area contributed by atoms with Crippen LogP contribution in [0, 0.1) is 0 Å². The molecule has 1 amide bonds. The van der Waals surface area contributed by atoms with Gasteiger partial charge in [-0.25, -0.2) is 4.99 Å². The van der Waals surface area contributed by atoms with Crippen LogP contribution in [0.5, 0.6) is 5.75 Å². The summed E-state index contributed by atoms with van der Waals surface area (Å²) in [5.74, 6) is 1.08. The molecule has 0 saturated carbocycles. The van der Waals surface area contributed by atoms with Crippen LogP contribution in [0.4, 0.5) is 0 Å². The van der Waals surface area contributed by atoms with Gasteiger partial charge in [0.25, 0.3) is 5.91 Å². The van der Waals surface area contributed by atoms with E-state index in [0.29, 0.717) is 37.6 Å². The van der Waals surface area contributed by atoms with Gasteiger partial charge >= 0.3 is 0 Å². The summed E-state index contributed by atoms with van der Waals surface area (Å²) in [6.07, 6.45) is 0.435. The van der Waals surface area contributed by atoms with E-state index >= 15 is 0 Å². The van der Waals surface area contributed by atoms with Crippen molar-refractivity contribution in [1.29, 1.82) is 0 Å². The SMILES string of the molecule is CN1Cc2ccccc2C[C@@]2(N=C(c3ccc(OCCCO)cc3)O[C@H]2c2ccccc2Br)C1=O. The van der Waals surface area contributed by atoms with Crippen LogP contribution < -0.4 is 4.74 Å². The Hall–Kier alpha value is -3.16. The number of amides is 1. The largest absolute Gasteiger partial charge is 0.494 e. The van der Waals surface area contributed by atoms with E-state index in [4.69, 9.17) is 19.6 Å². The Kier molecular flexibility index (Phi) is 6.62. The zero-order valence-electron chi connectivity index (χ0n) is 19.5. The number of likely N-dealkylation sites (N-methyl/N-ethyl adjacent to an activating group) is 1. The maximum Gasteiger partial charge on any atom is 0.255 e. The minimum absolute atomic E-state index is 0.0617. The van der Waals surface area contributed by atoms with Crippen LogP contribution in [0.15, 0.2) is 82.3 Å². The van der Waals surface area contributed by atoms with Crippen molar-refractivity contribution in [1.82, 2.24) is 4.90 Å². The second-order valence-electron chi connectivity index (χ2n) is 8.92. The van der Waals surface area contributed by atoms with E-state index in [9.17, 15) is 4.79 Å². The topological polar surface area (TPSA) is 71.4 Å². The van der Waals surface area contributed by atoms with Crippen LogP contribution in [0.2, 0.25) is 0 Å². The van der Waals surface area contributed by atoms with Crippen LogP contribution in [0.1, 0.15) is 34.8 Å². The fourth-order valence-electron chi connectivity index (χ4n) is 4.76. The van der Waals surface area contributed by atoms with Gasteiger partial charge in [0.1, 0.15) is 5.75 Å². The first-order chi connectivity index (χ1) is 17.0. The predicted molar refractivity (Wildman–Crippen MR) is 137 cm³/mol. The summed E-state index contributed by atoms with van der Waals surface area (Å²) in [4.78, 5) is 20.8. The van der Waals surface area contributed by atoms with Gasteiger partial charge in [-0.2, -0.15) is 0 Å². The Morgan fingerprint density at radius 1 is 1.09 bits per heavy atom. The third-order valence-electron chi connectivity index (χ3n) is 6.53. The van der Waals surface area contributed by atoms with Crippen LogP contribution in [0.3, 0.4) is 0 Å². The number of carbonyl (C=O) groups is 1. The molecule has 0 unspecified atom stereocenters. The number of halogens is 1. The Morgan fingerprint density at radius 3 is 2.54 bits per heavy atom. The van der Waals surface area contributed by atoms with E-state index in [1.807, 2.05) is 67.7 Å². The zero-order valence-corrected chi connectivity index (χ0v) is 21.1. The van der Waals surface area contributed by atoms with Gasteiger partial charge in [0, 0.05) is 48.6 Å². The number of benzene rings is 3. The van der Waals surface area contributed by atoms with Gasteiger partial charge in [0.05, 0.1) is 6.61 Å². The van der Waals surface area contributed by atoms with Crippen molar-refractivity contribution >= 4 is 27.7 Å². The number of carbonyl (C=O) groups excluding carboxylic acids is 1. The lowest BCUT2D eigenvalue weighted by atomic mass is 9.82. The maximum atomic E-state index is 14.0. The lowest BCUT2D eigenvalue weighted by molar-refractivity contribution is -0.138. The van der Waals surface area contributed by atoms with E-state index in [2.05, 4.69) is 28.1 Å². The molecule has 7 heteroatoms. The molecule has 1 spiro atoms. The van der Waals surface area contributed by atoms with Crippen molar-refractivity contribution in [3.8, 4) is 5.75 Å². The van der Waals surface area contributed by atoms with Gasteiger partial charge in [0.2, 0.25) is 5.90 Å². The third kappa shape index (κ3) is 4.46. The molecule has 0 radical (unpaired) electrons. The number of hydrogen-bond acceptors (Lipinski definition) is 5. The number of ether oxygens (including phenoxy) is 2. The van der Waals surface area contributed by atoms with Crippen LogP contribution in [-0.2, 0) is 22.5 Å². The quantitative estimate of drug-likeness (QED) is 0.466. The highest BCUT2D eigenvalue weighted by molar-refractivity contribution is 9.10. The maximum absolute atomic E-state index is 14.0. The van der Waals surface area contributed by atoms with Crippen molar-refractivity contribution in [2.24, 2.45) is 4.99 Å². The summed E-state index contributed by atoms with van der Waals surface area (Å²) < 4.78 is 13.1. The van der Waals surface area contributed by atoms with E-state index < -0.39 is 11.6 Å². The van der Waals surface area contributed by atoms with Gasteiger partial charge in [0.15, 0.2) is 11.6 Å². The molecule has 3 aromatic carbocycles. The van der Waals surface area contributed by atoms with E-state index in [-0.39, 0.29) is 12.5 Å². The van der Waals surface area contributed by atoms with Gasteiger partial charge in [-0.15, -0.1) is 0 Å². The highest BCUT2D eigenvalue weighted by Gasteiger charge is 2.55. The number of nitrogens with zero attached hydrogens (tertiary/aromatic N) is 2. The van der Waals surface area contributed by atoms with Crippen LogP contribution >= 0.6 is 15.9 Å². The molecule has 2 heterocycles. The molecule has 0 bridgehead atoms. The molecule has 0 aromatic heterocycles. The van der Waals surface area contributed by atoms with Crippen molar-refractivity contribution < 1.29 is 19.4 Å².